The molecule has 1 saturated carbocycles. The number of hydrogen-bond acceptors (Lipinski definition) is 3. The summed E-state index contributed by atoms with van der Waals surface area (Å²) in [6.45, 7) is 0.711. The van der Waals surface area contributed by atoms with Crippen LogP contribution in [0.4, 0.5) is 0 Å². The molecule has 0 spiro atoms. The highest BCUT2D eigenvalue weighted by Gasteiger charge is 2.41. The number of fused-ring (bicyclic) bond motifs is 1. The van der Waals surface area contributed by atoms with Crippen molar-refractivity contribution in [2.45, 2.75) is 44.1 Å². The number of carbonyl (C=O) groups is 1. The fourth-order valence-electron chi connectivity index (χ4n) is 3.35. The van der Waals surface area contributed by atoms with Gasteiger partial charge >= 0.3 is 0 Å². The van der Waals surface area contributed by atoms with Crippen molar-refractivity contribution in [1.82, 2.24) is 0 Å². The van der Waals surface area contributed by atoms with Crippen LogP contribution in [-0.4, -0.2) is 25.1 Å². The minimum Gasteiger partial charge on any atom is -0.493 e. The van der Waals surface area contributed by atoms with Crippen LogP contribution in [0, 0.1) is 0 Å². The lowest BCUT2D eigenvalue weighted by molar-refractivity contribution is -0.139. The zero-order valence-corrected chi connectivity index (χ0v) is 13.3. The third-order valence-corrected chi connectivity index (χ3v) is 4.94. The van der Waals surface area contributed by atoms with E-state index in [0.717, 1.165) is 47.9 Å². The zero-order valence-electron chi connectivity index (χ0n) is 11.7. The number of hydrogen-bond donors (Lipinski definition) is 0. The molecule has 0 saturated heterocycles. The van der Waals surface area contributed by atoms with Gasteiger partial charge in [-0.05, 0) is 43.4 Å². The summed E-state index contributed by atoms with van der Waals surface area (Å²) in [6, 6.07) is 4.08. The highest BCUT2D eigenvalue weighted by molar-refractivity contribution is 9.10. The first-order valence-electron chi connectivity index (χ1n) is 7.17. The molecule has 2 aliphatic rings. The van der Waals surface area contributed by atoms with Crippen molar-refractivity contribution in [1.29, 1.82) is 0 Å². The Morgan fingerprint density at radius 3 is 2.85 bits per heavy atom. The van der Waals surface area contributed by atoms with Gasteiger partial charge in [-0.2, -0.15) is 0 Å². The lowest BCUT2D eigenvalue weighted by Gasteiger charge is -2.26. The average Bonchev–Trinajstić information content (AvgIpc) is 3.07. The van der Waals surface area contributed by atoms with E-state index in [1.165, 1.54) is 5.56 Å². The van der Waals surface area contributed by atoms with E-state index in [-0.39, 0.29) is 5.78 Å². The summed E-state index contributed by atoms with van der Waals surface area (Å²) in [5.74, 6) is 1.10. The lowest BCUT2D eigenvalue weighted by Crippen LogP contribution is -2.38. The van der Waals surface area contributed by atoms with Crippen molar-refractivity contribution < 1.29 is 14.3 Å². The van der Waals surface area contributed by atoms with Crippen molar-refractivity contribution in [3.05, 3.63) is 27.7 Å². The Balaban J connectivity index is 1.86. The Kier molecular flexibility index (Phi) is 3.87. The van der Waals surface area contributed by atoms with Gasteiger partial charge in [0.2, 0.25) is 0 Å². The maximum atomic E-state index is 12.7. The maximum Gasteiger partial charge on any atom is 0.169 e. The minimum atomic E-state index is -0.562. The molecule has 0 atom stereocenters. The first-order valence-corrected chi connectivity index (χ1v) is 7.96. The zero-order chi connectivity index (χ0) is 14.2. The molecule has 0 N–H and O–H groups in total. The third kappa shape index (κ3) is 2.40. The Hall–Kier alpha value is -0.870. The number of carbonyl (C=O) groups excluding carboxylic acids is 1. The summed E-state index contributed by atoms with van der Waals surface area (Å²) in [6.07, 6.45) is 5.17. The van der Waals surface area contributed by atoms with E-state index in [0.29, 0.717) is 13.0 Å². The molecule has 1 aromatic rings. The molecular weight excluding hydrogens is 320 g/mol. The molecule has 1 aromatic carbocycles. The van der Waals surface area contributed by atoms with Gasteiger partial charge < -0.3 is 9.47 Å². The van der Waals surface area contributed by atoms with Gasteiger partial charge in [0.1, 0.15) is 11.4 Å². The van der Waals surface area contributed by atoms with Crippen molar-refractivity contribution in [3.8, 4) is 5.75 Å². The van der Waals surface area contributed by atoms with E-state index >= 15 is 0 Å². The molecule has 108 valence electrons. The Morgan fingerprint density at radius 1 is 1.40 bits per heavy atom. The SMILES string of the molecule is COC1(C(=O)Cc2cc(Br)cc3c2OCC3)CCCC1. The summed E-state index contributed by atoms with van der Waals surface area (Å²) in [5.41, 5.74) is 1.62. The Labute approximate surface area is 127 Å². The average molecular weight is 339 g/mol. The van der Waals surface area contributed by atoms with Crippen LogP contribution in [0.1, 0.15) is 36.8 Å². The van der Waals surface area contributed by atoms with E-state index in [2.05, 4.69) is 22.0 Å². The highest BCUT2D eigenvalue weighted by Crippen LogP contribution is 2.37. The van der Waals surface area contributed by atoms with Crippen molar-refractivity contribution in [2.24, 2.45) is 0 Å². The molecule has 0 radical (unpaired) electrons. The van der Waals surface area contributed by atoms with Gasteiger partial charge in [-0.1, -0.05) is 15.9 Å². The number of Topliss-reactive ketones (excluding diaryl/α,β-unsaturated/α-hetero) is 1. The number of rotatable bonds is 4. The highest BCUT2D eigenvalue weighted by atomic mass is 79.9. The fourth-order valence-corrected chi connectivity index (χ4v) is 3.91. The van der Waals surface area contributed by atoms with Crippen molar-refractivity contribution >= 4 is 21.7 Å². The number of halogens is 1. The fraction of sp³-hybridized carbons (Fsp3) is 0.562. The van der Waals surface area contributed by atoms with E-state index in [1.54, 1.807) is 7.11 Å². The summed E-state index contributed by atoms with van der Waals surface area (Å²) in [7, 11) is 1.66. The van der Waals surface area contributed by atoms with Crippen LogP contribution in [0.15, 0.2) is 16.6 Å². The van der Waals surface area contributed by atoms with Crippen LogP contribution in [0.25, 0.3) is 0 Å². The molecule has 0 amide bonds. The standard InChI is InChI=1S/C16H19BrO3/c1-19-16(5-2-3-6-16)14(18)10-12-9-13(17)8-11-4-7-20-15(11)12/h8-9H,2-7,10H2,1H3. The normalized spacial score (nSPS) is 19.7. The number of ketones is 1. The summed E-state index contributed by atoms with van der Waals surface area (Å²) in [4.78, 5) is 12.7. The summed E-state index contributed by atoms with van der Waals surface area (Å²) in [5, 5.41) is 0. The van der Waals surface area contributed by atoms with Crippen LogP contribution in [-0.2, 0) is 22.4 Å². The van der Waals surface area contributed by atoms with Gasteiger partial charge in [-0.15, -0.1) is 0 Å². The van der Waals surface area contributed by atoms with Crippen LogP contribution >= 0.6 is 15.9 Å². The molecule has 0 aromatic heterocycles. The van der Waals surface area contributed by atoms with E-state index < -0.39 is 5.60 Å². The van der Waals surface area contributed by atoms with Crippen LogP contribution in [0.2, 0.25) is 0 Å². The van der Waals surface area contributed by atoms with Gasteiger partial charge in [0, 0.05) is 30.0 Å². The molecule has 1 aliphatic heterocycles. The number of methoxy groups -OCH3 is 1. The minimum absolute atomic E-state index is 0.188. The van der Waals surface area contributed by atoms with Crippen LogP contribution in [0.5, 0.6) is 5.75 Å². The summed E-state index contributed by atoms with van der Waals surface area (Å²) >= 11 is 3.52. The van der Waals surface area contributed by atoms with Crippen molar-refractivity contribution in [2.75, 3.05) is 13.7 Å². The second-order valence-corrected chi connectivity index (χ2v) is 6.57. The van der Waals surface area contributed by atoms with E-state index in [4.69, 9.17) is 9.47 Å². The van der Waals surface area contributed by atoms with E-state index in [9.17, 15) is 4.79 Å². The van der Waals surface area contributed by atoms with Gasteiger partial charge in [-0.3, -0.25) is 4.79 Å². The molecule has 3 rings (SSSR count). The van der Waals surface area contributed by atoms with Gasteiger partial charge in [0.25, 0.3) is 0 Å². The van der Waals surface area contributed by atoms with E-state index in [1.807, 2.05) is 6.07 Å². The molecule has 1 fully saturated rings. The molecule has 1 aliphatic carbocycles. The first-order chi connectivity index (χ1) is 9.64. The third-order valence-electron chi connectivity index (χ3n) is 4.49. The van der Waals surface area contributed by atoms with Crippen LogP contribution in [0.3, 0.4) is 0 Å². The van der Waals surface area contributed by atoms with Crippen molar-refractivity contribution in [3.63, 3.8) is 0 Å². The molecular formula is C16H19BrO3. The lowest BCUT2D eigenvalue weighted by atomic mass is 9.90. The first kappa shape index (κ1) is 14.1. The second-order valence-electron chi connectivity index (χ2n) is 5.66. The maximum absolute atomic E-state index is 12.7. The summed E-state index contributed by atoms with van der Waals surface area (Å²) < 4.78 is 12.3. The quantitative estimate of drug-likeness (QED) is 0.843. The topological polar surface area (TPSA) is 35.5 Å². The smallest absolute Gasteiger partial charge is 0.169 e. The van der Waals surface area contributed by atoms with Gasteiger partial charge in [0.15, 0.2) is 5.78 Å². The largest absolute Gasteiger partial charge is 0.493 e. The number of benzene rings is 1. The molecule has 1 heterocycles. The Morgan fingerprint density at radius 2 is 2.15 bits per heavy atom. The van der Waals surface area contributed by atoms with Gasteiger partial charge in [0.05, 0.1) is 6.61 Å². The molecule has 0 unspecified atom stereocenters. The monoisotopic (exact) mass is 338 g/mol. The molecule has 0 bridgehead atoms. The predicted octanol–water partition coefficient (Wildman–Crippen LogP) is 3.45. The Bertz CT molecular complexity index is 533. The molecule has 20 heavy (non-hydrogen) atoms. The molecule has 3 nitrogen and oxygen atoms in total. The number of ether oxygens (including phenoxy) is 2. The van der Waals surface area contributed by atoms with Crippen LogP contribution < -0.4 is 4.74 Å². The second kappa shape index (κ2) is 5.49. The predicted molar refractivity (Wildman–Crippen MR) is 80.3 cm³/mol. The molecule has 4 heteroatoms. The van der Waals surface area contributed by atoms with Gasteiger partial charge in [-0.25, -0.2) is 0 Å².